The van der Waals surface area contributed by atoms with Crippen molar-refractivity contribution >= 4 is 35.0 Å². The molecule has 8 heteroatoms. The lowest BCUT2D eigenvalue weighted by atomic mass is 10.1. The molecule has 0 aliphatic heterocycles. The summed E-state index contributed by atoms with van der Waals surface area (Å²) in [5.74, 6) is 0.960. The van der Waals surface area contributed by atoms with Crippen LogP contribution in [0, 0.1) is 6.92 Å². The number of nitrogens with one attached hydrogen (secondary N) is 1. The number of halogens is 1. The van der Waals surface area contributed by atoms with E-state index in [0.29, 0.717) is 28.0 Å². The van der Waals surface area contributed by atoms with E-state index in [2.05, 4.69) is 15.6 Å². The lowest BCUT2D eigenvalue weighted by Gasteiger charge is -2.11. The van der Waals surface area contributed by atoms with Crippen LogP contribution in [-0.4, -0.2) is 34.3 Å². The number of methoxy groups -OCH3 is 1. The molecule has 0 spiro atoms. The van der Waals surface area contributed by atoms with E-state index in [1.807, 2.05) is 43.5 Å². The van der Waals surface area contributed by atoms with Gasteiger partial charge in [0, 0.05) is 16.3 Å². The second-order valence-electron chi connectivity index (χ2n) is 5.80. The molecule has 0 fully saturated rings. The third-order valence-electron chi connectivity index (χ3n) is 4.08. The van der Waals surface area contributed by atoms with Crippen LogP contribution in [0.25, 0.3) is 11.3 Å². The molecular weight excluding hydrogens is 384 g/mol. The molecule has 0 unspecified atom stereocenters. The van der Waals surface area contributed by atoms with Crippen LogP contribution in [0.15, 0.2) is 42.5 Å². The first-order valence-corrected chi connectivity index (χ1v) is 9.95. The Labute approximate surface area is 166 Å². The molecule has 1 heterocycles. The molecule has 3 aromatic rings. The highest BCUT2D eigenvalue weighted by Crippen LogP contribution is 2.27. The summed E-state index contributed by atoms with van der Waals surface area (Å²) < 4.78 is 6.79. The molecule has 0 aliphatic carbocycles. The maximum absolute atomic E-state index is 13.1. The average Bonchev–Trinajstić information content (AvgIpc) is 3.09. The number of aromatic nitrogens is 3. The zero-order valence-corrected chi connectivity index (χ0v) is 16.8. The summed E-state index contributed by atoms with van der Waals surface area (Å²) >= 11 is 7.71. The van der Waals surface area contributed by atoms with Crippen molar-refractivity contribution in [3.8, 4) is 17.0 Å². The molecular formula is C19H19ClN4O2S. The Kier molecular flexibility index (Phi) is 6.03. The maximum Gasteiger partial charge on any atom is 0.276 e. The van der Waals surface area contributed by atoms with E-state index >= 15 is 0 Å². The lowest BCUT2D eigenvalue weighted by molar-refractivity contribution is 0.101. The smallest absolute Gasteiger partial charge is 0.276 e. The van der Waals surface area contributed by atoms with Gasteiger partial charge in [-0.1, -0.05) is 22.9 Å². The predicted molar refractivity (Wildman–Crippen MR) is 110 cm³/mol. The summed E-state index contributed by atoms with van der Waals surface area (Å²) in [7, 11) is 1.61. The van der Waals surface area contributed by atoms with Crippen LogP contribution in [-0.2, 0) is 5.88 Å². The van der Waals surface area contributed by atoms with Gasteiger partial charge in [-0.3, -0.25) is 4.79 Å². The summed E-state index contributed by atoms with van der Waals surface area (Å²) in [6.07, 6.45) is 1.94. The lowest BCUT2D eigenvalue weighted by Crippen LogP contribution is -2.19. The van der Waals surface area contributed by atoms with E-state index in [1.165, 1.54) is 0 Å². The van der Waals surface area contributed by atoms with E-state index in [9.17, 15) is 4.79 Å². The SMILES string of the molecule is COc1ccc(-c2nnn(CSC)c2C(=O)Nc2cccc(Cl)c2C)cc1. The molecule has 140 valence electrons. The topological polar surface area (TPSA) is 69.0 Å². The summed E-state index contributed by atoms with van der Waals surface area (Å²) in [4.78, 5) is 13.1. The monoisotopic (exact) mass is 402 g/mol. The van der Waals surface area contributed by atoms with Gasteiger partial charge < -0.3 is 10.1 Å². The first-order chi connectivity index (χ1) is 13.0. The van der Waals surface area contributed by atoms with Crippen molar-refractivity contribution in [2.24, 2.45) is 0 Å². The van der Waals surface area contributed by atoms with E-state index in [0.717, 1.165) is 16.9 Å². The number of amides is 1. The molecule has 0 saturated heterocycles. The highest BCUT2D eigenvalue weighted by Gasteiger charge is 2.22. The molecule has 1 N–H and O–H groups in total. The summed E-state index contributed by atoms with van der Waals surface area (Å²) in [5.41, 5.74) is 3.17. The molecule has 3 rings (SSSR count). The fraction of sp³-hybridized carbons (Fsp3) is 0.211. The molecule has 0 bridgehead atoms. The van der Waals surface area contributed by atoms with Gasteiger partial charge in [0.25, 0.3) is 5.91 Å². The molecule has 0 aliphatic rings. The quantitative estimate of drug-likeness (QED) is 0.657. The zero-order valence-electron chi connectivity index (χ0n) is 15.2. The Balaban J connectivity index is 2.00. The number of anilines is 1. The number of ether oxygens (including phenoxy) is 1. The minimum Gasteiger partial charge on any atom is -0.497 e. The van der Waals surface area contributed by atoms with Crippen molar-refractivity contribution in [2.45, 2.75) is 12.8 Å². The van der Waals surface area contributed by atoms with Crippen LogP contribution in [0.5, 0.6) is 5.75 Å². The third kappa shape index (κ3) is 4.09. The highest BCUT2D eigenvalue weighted by atomic mass is 35.5. The highest BCUT2D eigenvalue weighted by molar-refractivity contribution is 7.97. The number of hydrogen-bond donors (Lipinski definition) is 1. The second-order valence-corrected chi connectivity index (χ2v) is 7.04. The van der Waals surface area contributed by atoms with Crippen LogP contribution in [0.1, 0.15) is 16.1 Å². The molecule has 1 aromatic heterocycles. The van der Waals surface area contributed by atoms with Gasteiger partial charge in [0.2, 0.25) is 0 Å². The van der Waals surface area contributed by atoms with Gasteiger partial charge in [-0.2, -0.15) is 0 Å². The minimum atomic E-state index is -0.287. The Morgan fingerprint density at radius 1 is 1.26 bits per heavy atom. The fourth-order valence-electron chi connectivity index (χ4n) is 2.62. The first-order valence-electron chi connectivity index (χ1n) is 8.18. The minimum absolute atomic E-state index is 0.287. The standard InChI is InChI=1S/C19H19ClN4O2S/c1-12-15(20)5-4-6-16(12)21-19(25)18-17(22-23-24(18)11-27-3)13-7-9-14(26-2)10-8-13/h4-10H,11H2,1-3H3,(H,21,25). The van der Waals surface area contributed by atoms with Gasteiger partial charge >= 0.3 is 0 Å². The van der Waals surface area contributed by atoms with Gasteiger partial charge in [0.05, 0.1) is 13.0 Å². The van der Waals surface area contributed by atoms with E-state index in [1.54, 1.807) is 35.7 Å². The van der Waals surface area contributed by atoms with Crippen LogP contribution >= 0.6 is 23.4 Å². The van der Waals surface area contributed by atoms with Gasteiger partial charge in [-0.05, 0) is 55.1 Å². The van der Waals surface area contributed by atoms with E-state index in [-0.39, 0.29) is 5.91 Å². The Bertz CT molecular complexity index is 957. The van der Waals surface area contributed by atoms with Gasteiger partial charge in [0.1, 0.15) is 11.4 Å². The molecule has 1 amide bonds. The van der Waals surface area contributed by atoms with Crippen LogP contribution < -0.4 is 10.1 Å². The second kappa shape index (κ2) is 8.45. The van der Waals surface area contributed by atoms with Gasteiger partial charge in [0.15, 0.2) is 5.69 Å². The largest absolute Gasteiger partial charge is 0.497 e. The molecule has 27 heavy (non-hydrogen) atoms. The number of nitrogens with zero attached hydrogens (tertiary/aromatic N) is 3. The number of thioether (sulfide) groups is 1. The number of carbonyl (C=O) groups excluding carboxylic acids is 1. The van der Waals surface area contributed by atoms with Crippen molar-refractivity contribution in [1.82, 2.24) is 15.0 Å². The van der Waals surface area contributed by atoms with Crippen molar-refractivity contribution in [3.63, 3.8) is 0 Å². The normalized spacial score (nSPS) is 10.7. The van der Waals surface area contributed by atoms with Crippen molar-refractivity contribution in [1.29, 1.82) is 0 Å². The molecule has 6 nitrogen and oxygen atoms in total. The van der Waals surface area contributed by atoms with E-state index < -0.39 is 0 Å². The summed E-state index contributed by atoms with van der Waals surface area (Å²) in [5, 5.41) is 11.9. The number of carbonyl (C=O) groups is 1. The number of hydrogen-bond acceptors (Lipinski definition) is 5. The van der Waals surface area contributed by atoms with Crippen molar-refractivity contribution < 1.29 is 9.53 Å². The Hall–Kier alpha value is -2.51. The van der Waals surface area contributed by atoms with Crippen LogP contribution in [0.3, 0.4) is 0 Å². The zero-order chi connectivity index (χ0) is 19.4. The Morgan fingerprint density at radius 3 is 2.67 bits per heavy atom. The molecule has 0 radical (unpaired) electrons. The van der Waals surface area contributed by atoms with Crippen molar-refractivity contribution in [3.05, 3.63) is 58.7 Å². The van der Waals surface area contributed by atoms with E-state index in [4.69, 9.17) is 16.3 Å². The molecule has 2 aromatic carbocycles. The van der Waals surface area contributed by atoms with Crippen LogP contribution in [0.4, 0.5) is 5.69 Å². The Morgan fingerprint density at radius 2 is 2.00 bits per heavy atom. The number of rotatable bonds is 6. The number of benzene rings is 2. The predicted octanol–water partition coefficient (Wildman–Crippen LogP) is 4.49. The van der Waals surface area contributed by atoms with Crippen LogP contribution in [0.2, 0.25) is 5.02 Å². The van der Waals surface area contributed by atoms with Crippen molar-refractivity contribution in [2.75, 3.05) is 18.7 Å². The molecule has 0 saturated carbocycles. The van der Waals surface area contributed by atoms with Gasteiger partial charge in [-0.25, -0.2) is 4.68 Å². The summed E-state index contributed by atoms with van der Waals surface area (Å²) in [6.45, 7) is 1.86. The van der Waals surface area contributed by atoms with Gasteiger partial charge in [-0.15, -0.1) is 16.9 Å². The maximum atomic E-state index is 13.1. The first kappa shape index (κ1) is 19.3. The average molecular weight is 403 g/mol. The third-order valence-corrected chi connectivity index (χ3v) is 4.99. The molecule has 0 atom stereocenters. The fourth-order valence-corrected chi connectivity index (χ4v) is 3.22. The summed E-state index contributed by atoms with van der Waals surface area (Å²) in [6, 6.07) is 12.8.